The zero-order valence-electron chi connectivity index (χ0n) is 5.22. The maximum atomic E-state index is 10.4. The number of aliphatic hydroxyl groups is 1. The summed E-state index contributed by atoms with van der Waals surface area (Å²) in [4.78, 5) is 10.4. The molecule has 1 amide bonds. The van der Waals surface area contributed by atoms with E-state index in [0.717, 1.165) is 0 Å². The molecule has 0 aromatic carbocycles. The fourth-order valence-corrected chi connectivity index (χ4v) is 0.436. The first-order valence-corrected chi connectivity index (χ1v) is 3.20. The number of halogens is 1. The van der Waals surface area contributed by atoms with Gasteiger partial charge < -0.3 is 10.4 Å². The predicted molar refractivity (Wildman–Crippen MR) is 35.4 cm³/mol. The minimum absolute atomic E-state index is 0.0513. The van der Waals surface area contributed by atoms with Crippen molar-refractivity contribution in [3.8, 4) is 0 Å². The Balaban J connectivity index is 3.34. The molecular formula is C5H10ClNO2. The number of amides is 1. The van der Waals surface area contributed by atoms with Gasteiger partial charge in [-0.2, -0.15) is 0 Å². The van der Waals surface area contributed by atoms with Gasteiger partial charge in [-0.05, 0) is 6.92 Å². The molecule has 0 saturated heterocycles. The molecule has 2 N–H and O–H groups in total. The molecule has 0 aromatic heterocycles. The van der Waals surface area contributed by atoms with E-state index < -0.39 is 0 Å². The van der Waals surface area contributed by atoms with Crippen LogP contribution in [0.2, 0.25) is 0 Å². The summed E-state index contributed by atoms with van der Waals surface area (Å²) in [5.41, 5.74) is 0. The van der Waals surface area contributed by atoms with Crippen molar-refractivity contribution in [2.75, 3.05) is 12.5 Å². The number of nitrogens with one attached hydrogen (secondary N) is 1. The summed E-state index contributed by atoms with van der Waals surface area (Å²) in [6.07, 6.45) is 0. The van der Waals surface area contributed by atoms with Gasteiger partial charge in [-0.1, -0.05) is 0 Å². The molecule has 0 radical (unpaired) electrons. The van der Waals surface area contributed by atoms with Crippen LogP contribution in [-0.4, -0.2) is 29.5 Å². The van der Waals surface area contributed by atoms with E-state index in [9.17, 15) is 4.79 Å². The third kappa shape index (κ3) is 4.24. The second-order valence-corrected chi connectivity index (χ2v) is 2.05. The molecule has 0 fully saturated rings. The quantitative estimate of drug-likeness (QED) is 0.546. The number of carbonyl (C=O) groups excluding carboxylic acids is 1. The molecule has 0 aliphatic rings. The molecule has 0 aliphatic carbocycles. The van der Waals surface area contributed by atoms with E-state index in [1.54, 1.807) is 6.92 Å². The monoisotopic (exact) mass is 151 g/mol. The summed E-state index contributed by atoms with van der Waals surface area (Å²) in [5, 5.41) is 10.9. The highest BCUT2D eigenvalue weighted by atomic mass is 35.5. The van der Waals surface area contributed by atoms with E-state index in [2.05, 4.69) is 5.32 Å². The van der Waals surface area contributed by atoms with Crippen molar-refractivity contribution in [3.05, 3.63) is 0 Å². The molecule has 1 atom stereocenters. The van der Waals surface area contributed by atoms with Gasteiger partial charge in [0.25, 0.3) is 0 Å². The second-order valence-electron chi connectivity index (χ2n) is 1.78. The van der Waals surface area contributed by atoms with E-state index in [0.29, 0.717) is 0 Å². The lowest BCUT2D eigenvalue weighted by Crippen LogP contribution is -2.35. The highest BCUT2D eigenvalue weighted by Crippen LogP contribution is 1.80. The predicted octanol–water partition coefficient (Wildman–Crippen LogP) is -0.278. The lowest BCUT2D eigenvalue weighted by Gasteiger charge is -2.07. The Hall–Kier alpha value is -0.280. The van der Waals surface area contributed by atoms with Gasteiger partial charge in [0, 0.05) is 6.04 Å². The average molecular weight is 152 g/mol. The Kier molecular flexibility index (Phi) is 4.44. The summed E-state index contributed by atoms with van der Waals surface area (Å²) in [7, 11) is 0. The highest BCUT2D eigenvalue weighted by Gasteiger charge is 2.02. The van der Waals surface area contributed by atoms with E-state index in [1.807, 2.05) is 0 Å². The number of hydrogen-bond acceptors (Lipinski definition) is 2. The number of hydrogen-bond donors (Lipinski definition) is 2. The molecule has 0 aromatic rings. The average Bonchev–Trinajstić information content (AvgIpc) is 1.87. The van der Waals surface area contributed by atoms with Crippen molar-refractivity contribution in [1.29, 1.82) is 0 Å². The first kappa shape index (κ1) is 8.72. The lowest BCUT2D eigenvalue weighted by molar-refractivity contribution is -0.119. The zero-order valence-corrected chi connectivity index (χ0v) is 5.98. The largest absolute Gasteiger partial charge is 0.394 e. The topological polar surface area (TPSA) is 49.3 Å². The molecule has 0 aliphatic heterocycles. The molecular weight excluding hydrogens is 142 g/mol. The molecule has 0 bridgehead atoms. The highest BCUT2D eigenvalue weighted by molar-refractivity contribution is 6.27. The molecule has 0 heterocycles. The SMILES string of the molecule is C[C@@H](CO)NC(=O)CCl. The van der Waals surface area contributed by atoms with Crippen LogP contribution in [0.25, 0.3) is 0 Å². The number of carbonyl (C=O) groups is 1. The summed E-state index contributed by atoms with van der Waals surface area (Å²) in [5.74, 6) is -0.303. The van der Waals surface area contributed by atoms with Crippen LogP contribution >= 0.6 is 11.6 Å². The molecule has 0 saturated carbocycles. The Bertz CT molecular complexity index is 97.0. The van der Waals surface area contributed by atoms with Crippen LogP contribution < -0.4 is 5.32 Å². The summed E-state index contributed by atoms with van der Waals surface area (Å²) in [6, 6.07) is -0.198. The van der Waals surface area contributed by atoms with Crippen LogP contribution in [0.1, 0.15) is 6.92 Å². The smallest absolute Gasteiger partial charge is 0.235 e. The van der Waals surface area contributed by atoms with Crippen molar-refractivity contribution < 1.29 is 9.90 Å². The summed E-state index contributed by atoms with van der Waals surface area (Å²) < 4.78 is 0. The van der Waals surface area contributed by atoms with Crippen LogP contribution in [0.5, 0.6) is 0 Å². The van der Waals surface area contributed by atoms with Gasteiger partial charge in [0.15, 0.2) is 0 Å². The normalized spacial score (nSPS) is 12.8. The Morgan fingerprint density at radius 1 is 1.89 bits per heavy atom. The Morgan fingerprint density at radius 3 is 2.78 bits per heavy atom. The Morgan fingerprint density at radius 2 is 2.44 bits per heavy atom. The lowest BCUT2D eigenvalue weighted by atomic mass is 10.4. The second kappa shape index (κ2) is 4.58. The molecule has 0 spiro atoms. The fourth-order valence-electron chi connectivity index (χ4n) is 0.359. The minimum atomic E-state index is -0.252. The first-order chi connectivity index (χ1) is 4.20. The Labute approximate surface area is 59.0 Å². The van der Waals surface area contributed by atoms with E-state index in [4.69, 9.17) is 16.7 Å². The van der Waals surface area contributed by atoms with Crippen LogP contribution in [0.4, 0.5) is 0 Å². The number of aliphatic hydroxyl groups excluding tert-OH is 1. The number of alkyl halides is 1. The van der Waals surface area contributed by atoms with Crippen molar-refractivity contribution in [3.63, 3.8) is 0 Å². The molecule has 4 heteroatoms. The first-order valence-electron chi connectivity index (χ1n) is 2.67. The third-order valence-corrected chi connectivity index (χ3v) is 1.05. The standard InChI is InChI=1S/C5H10ClNO2/c1-4(3-8)7-5(9)2-6/h4,8H,2-3H2,1H3,(H,7,9)/t4-/m0/s1. The van der Waals surface area contributed by atoms with Gasteiger partial charge in [0.2, 0.25) is 5.91 Å². The van der Waals surface area contributed by atoms with Crippen molar-refractivity contribution >= 4 is 17.5 Å². The minimum Gasteiger partial charge on any atom is -0.394 e. The maximum absolute atomic E-state index is 10.4. The van der Waals surface area contributed by atoms with Crippen molar-refractivity contribution in [1.82, 2.24) is 5.32 Å². The van der Waals surface area contributed by atoms with Crippen LogP contribution in [0, 0.1) is 0 Å². The fraction of sp³-hybridized carbons (Fsp3) is 0.800. The van der Waals surface area contributed by atoms with Crippen molar-refractivity contribution in [2.24, 2.45) is 0 Å². The van der Waals surface area contributed by atoms with E-state index in [1.165, 1.54) is 0 Å². The van der Waals surface area contributed by atoms with Crippen LogP contribution in [-0.2, 0) is 4.79 Å². The summed E-state index contributed by atoms with van der Waals surface area (Å²) in [6.45, 7) is 1.65. The maximum Gasteiger partial charge on any atom is 0.235 e. The molecule has 0 rings (SSSR count). The summed E-state index contributed by atoms with van der Waals surface area (Å²) >= 11 is 5.16. The van der Waals surface area contributed by atoms with Crippen LogP contribution in [0.15, 0.2) is 0 Å². The molecule has 3 nitrogen and oxygen atoms in total. The van der Waals surface area contributed by atoms with E-state index in [-0.39, 0.29) is 24.4 Å². The van der Waals surface area contributed by atoms with Gasteiger partial charge in [-0.3, -0.25) is 4.79 Å². The number of rotatable bonds is 3. The third-order valence-electron chi connectivity index (χ3n) is 0.803. The van der Waals surface area contributed by atoms with Gasteiger partial charge in [0.05, 0.1) is 6.61 Å². The zero-order chi connectivity index (χ0) is 7.28. The van der Waals surface area contributed by atoms with Crippen LogP contribution in [0.3, 0.4) is 0 Å². The molecule has 54 valence electrons. The van der Waals surface area contributed by atoms with Gasteiger partial charge >= 0.3 is 0 Å². The van der Waals surface area contributed by atoms with Crippen molar-refractivity contribution in [2.45, 2.75) is 13.0 Å². The van der Waals surface area contributed by atoms with Gasteiger partial charge in [-0.25, -0.2) is 0 Å². The van der Waals surface area contributed by atoms with E-state index >= 15 is 0 Å². The molecule has 9 heavy (non-hydrogen) atoms. The van der Waals surface area contributed by atoms with Gasteiger partial charge in [0.1, 0.15) is 5.88 Å². The molecule has 0 unspecified atom stereocenters. The van der Waals surface area contributed by atoms with Gasteiger partial charge in [-0.15, -0.1) is 11.6 Å².